The van der Waals surface area contributed by atoms with Crippen molar-refractivity contribution in [1.82, 2.24) is 4.31 Å². The SMILES string of the molecule is O=S(=O)(c1ccc(Cl)cc1F)N1CCN(c2ccc(O)cc2)CC1. The van der Waals surface area contributed by atoms with Gasteiger partial charge in [0.05, 0.1) is 0 Å². The third-order valence-electron chi connectivity index (χ3n) is 3.97. The van der Waals surface area contributed by atoms with Crippen molar-refractivity contribution < 1.29 is 17.9 Å². The first-order valence-electron chi connectivity index (χ1n) is 7.37. The maximum absolute atomic E-state index is 14.0. The molecule has 2 aromatic carbocycles. The highest BCUT2D eigenvalue weighted by Crippen LogP contribution is 2.25. The van der Waals surface area contributed by atoms with E-state index in [2.05, 4.69) is 0 Å². The van der Waals surface area contributed by atoms with Crippen LogP contribution in [0.2, 0.25) is 5.02 Å². The number of halogens is 2. The number of benzene rings is 2. The third kappa shape index (κ3) is 3.33. The number of phenolic OH excluding ortho intramolecular Hbond substituents is 1. The van der Waals surface area contributed by atoms with Crippen LogP contribution in [0.1, 0.15) is 0 Å². The lowest BCUT2D eigenvalue weighted by molar-refractivity contribution is 0.382. The zero-order chi connectivity index (χ0) is 17.3. The fraction of sp³-hybridized carbons (Fsp3) is 0.250. The van der Waals surface area contributed by atoms with Gasteiger partial charge in [0.1, 0.15) is 16.5 Å². The van der Waals surface area contributed by atoms with E-state index in [1.807, 2.05) is 4.90 Å². The molecule has 0 aliphatic carbocycles. The molecule has 2 aromatic rings. The summed E-state index contributed by atoms with van der Waals surface area (Å²) in [7, 11) is -3.89. The Kier molecular flexibility index (Phi) is 4.67. The summed E-state index contributed by atoms with van der Waals surface area (Å²) in [4.78, 5) is 1.66. The van der Waals surface area contributed by atoms with Crippen LogP contribution in [0.4, 0.5) is 10.1 Å². The van der Waals surface area contributed by atoms with Crippen LogP contribution in [-0.2, 0) is 10.0 Å². The number of aromatic hydroxyl groups is 1. The quantitative estimate of drug-likeness (QED) is 0.902. The highest BCUT2D eigenvalue weighted by atomic mass is 35.5. The highest BCUT2D eigenvalue weighted by Gasteiger charge is 2.30. The number of sulfonamides is 1. The Morgan fingerprint density at radius 2 is 1.62 bits per heavy atom. The van der Waals surface area contributed by atoms with Crippen LogP contribution in [0.25, 0.3) is 0 Å². The second-order valence-electron chi connectivity index (χ2n) is 5.48. The molecule has 1 aliphatic rings. The fourth-order valence-electron chi connectivity index (χ4n) is 2.67. The minimum atomic E-state index is -3.89. The summed E-state index contributed by atoms with van der Waals surface area (Å²) >= 11 is 5.68. The summed E-state index contributed by atoms with van der Waals surface area (Å²) in [5.41, 5.74) is 0.905. The van der Waals surface area contributed by atoms with Gasteiger partial charge in [-0.2, -0.15) is 4.31 Å². The second kappa shape index (κ2) is 6.58. The number of anilines is 1. The molecule has 24 heavy (non-hydrogen) atoms. The minimum Gasteiger partial charge on any atom is -0.508 e. The summed E-state index contributed by atoms with van der Waals surface area (Å²) in [5.74, 6) is -0.665. The normalized spacial score (nSPS) is 16.3. The van der Waals surface area contributed by atoms with Gasteiger partial charge in [0.2, 0.25) is 10.0 Å². The van der Waals surface area contributed by atoms with Crippen LogP contribution >= 0.6 is 11.6 Å². The summed E-state index contributed by atoms with van der Waals surface area (Å²) in [6.45, 7) is 1.48. The van der Waals surface area contributed by atoms with E-state index < -0.39 is 15.8 Å². The average molecular weight is 371 g/mol. The lowest BCUT2D eigenvalue weighted by atomic mass is 10.2. The van der Waals surface area contributed by atoms with Crippen LogP contribution < -0.4 is 4.90 Å². The number of hydrogen-bond donors (Lipinski definition) is 1. The monoisotopic (exact) mass is 370 g/mol. The molecule has 1 fully saturated rings. The van der Waals surface area contributed by atoms with Gasteiger partial charge >= 0.3 is 0 Å². The molecule has 0 aromatic heterocycles. The lowest BCUT2D eigenvalue weighted by Crippen LogP contribution is -2.48. The maximum Gasteiger partial charge on any atom is 0.246 e. The van der Waals surface area contributed by atoms with E-state index in [-0.39, 0.29) is 28.8 Å². The van der Waals surface area contributed by atoms with E-state index in [0.29, 0.717) is 13.1 Å². The predicted octanol–water partition coefficient (Wildman–Crippen LogP) is 2.70. The van der Waals surface area contributed by atoms with Gasteiger partial charge in [0, 0.05) is 36.9 Å². The average Bonchev–Trinajstić information content (AvgIpc) is 2.55. The van der Waals surface area contributed by atoms with Gasteiger partial charge in [-0.1, -0.05) is 11.6 Å². The number of nitrogens with zero attached hydrogens (tertiary/aromatic N) is 2. The van der Waals surface area contributed by atoms with Crippen molar-refractivity contribution >= 4 is 27.3 Å². The Morgan fingerprint density at radius 3 is 2.21 bits per heavy atom. The Labute approximate surface area is 144 Å². The zero-order valence-corrected chi connectivity index (χ0v) is 14.3. The second-order valence-corrected chi connectivity index (χ2v) is 7.83. The number of phenols is 1. The molecular weight excluding hydrogens is 355 g/mol. The van der Waals surface area contributed by atoms with Crippen molar-refractivity contribution in [1.29, 1.82) is 0 Å². The van der Waals surface area contributed by atoms with E-state index in [4.69, 9.17) is 11.6 Å². The van der Waals surface area contributed by atoms with Gasteiger partial charge in [0.25, 0.3) is 0 Å². The Morgan fingerprint density at radius 1 is 1.00 bits per heavy atom. The standard InChI is InChI=1S/C16H16ClFN2O3S/c17-12-1-6-16(15(18)11-12)24(22,23)20-9-7-19(8-10-20)13-2-4-14(21)5-3-13/h1-6,11,21H,7-10H2. The molecule has 1 saturated heterocycles. The topological polar surface area (TPSA) is 60.9 Å². The summed E-state index contributed by atoms with van der Waals surface area (Å²) in [5, 5.41) is 9.48. The first-order chi connectivity index (χ1) is 11.4. The van der Waals surface area contributed by atoms with Gasteiger partial charge in [-0.15, -0.1) is 0 Å². The molecule has 0 radical (unpaired) electrons. The van der Waals surface area contributed by atoms with Crippen molar-refractivity contribution in [2.24, 2.45) is 0 Å². The minimum absolute atomic E-state index is 0.156. The van der Waals surface area contributed by atoms with Gasteiger partial charge < -0.3 is 10.0 Å². The molecular formula is C16H16ClFN2O3S. The molecule has 0 atom stereocenters. The molecule has 3 rings (SSSR count). The molecule has 1 N–H and O–H groups in total. The number of rotatable bonds is 3. The fourth-order valence-corrected chi connectivity index (χ4v) is 4.30. The highest BCUT2D eigenvalue weighted by molar-refractivity contribution is 7.89. The van der Waals surface area contributed by atoms with E-state index in [1.165, 1.54) is 16.4 Å². The lowest BCUT2D eigenvalue weighted by Gasteiger charge is -2.35. The van der Waals surface area contributed by atoms with Crippen molar-refractivity contribution in [3.05, 3.63) is 53.3 Å². The molecule has 0 saturated carbocycles. The van der Waals surface area contributed by atoms with Gasteiger partial charge in [0.15, 0.2) is 0 Å². The Bertz CT molecular complexity index is 835. The van der Waals surface area contributed by atoms with Gasteiger partial charge in [-0.05, 0) is 42.5 Å². The molecule has 1 aliphatic heterocycles. The van der Waals surface area contributed by atoms with Crippen LogP contribution in [-0.4, -0.2) is 44.0 Å². The van der Waals surface area contributed by atoms with Crippen molar-refractivity contribution in [2.75, 3.05) is 31.1 Å². The molecule has 0 unspecified atom stereocenters. The smallest absolute Gasteiger partial charge is 0.246 e. The molecule has 8 heteroatoms. The predicted molar refractivity (Wildman–Crippen MR) is 90.5 cm³/mol. The van der Waals surface area contributed by atoms with E-state index in [1.54, 1.807) is 24.3 Å². The van der Waals surface area contributed by atoms with Crippen molar-refractivity contribution in [3.8, 4) is 5.75 Å². The van der Waals surface area contributed by atoms with Crippen molar-refractivity contribution in [2.45, 2.75) is 4.90 Å². The largest absolute Gasteiger partial charge is 0.508 e. The number of hydrogen-bond acceptors (Lipinski definition) is 4. The molecule has 128 valence electrons. The Hall–Kier alpha value is -1.83. The molecule has 1 heterocycles. The Balaban J connectivity index is 1.75. The zero-order valence-electron chi connectivity index (χ0n) is 12.7. The molecule has 0 spiro atoms. The van der Waals surface area contributed by atoms with Gasteiger partial charge in [-0.3, -0.25) is 0 Å². The van der Waals surface area contributed by atoms with Crippen LogP contribution in [0.5, 0.6) is 5.75 Å². The summed E-state index contributed by atoms with van der Waals surface area (Å²) in [6.07, 6.45) is 0. The van der Waals surface area contributed by atoms with E-state index >= 15 is 0 Å². The first-order valence-corrected chi connectivity index (χ1v) is 9.19. The van der Waals surface area contributed by atoms with Crippen molar-refractivity contribution in [3.63, 3.8) is 0 Å². The first kappa shape index (κ1) is 17.0. The summed E-state index contributed by atoms with van der Waals surface area (Å²) in [6, 6.07) is 10.3. The van der Waals surface area contributed by atoms with Gasteiger partial charge in [-0.25, -0.2) is 12.8 Å². The molecule has 0 bridgehead atoms. The maximum atomic E-state index is 14.0. The van der Waals surface area contributed by atoms with Crippen LogP contribution in [0.3, 0.4) is 0 Å². The van der Waals surface area contributed by atoms with E-state index in [0.717, 1.165) is 11.8 Å². The molecule has 5 nitrogen and oxygen atoms in total. The van der Waals surface area contributed by atoms with Crippen LogP contribution in [0, 0.1) is 5.82 Å². The third-order valence-corrected chi connectivity index (χ3v) is 6.13. The van der Waals surface area contributed by atoms with E-state index in [9.17, 15) is 17.9 Å². The number of piperazine rings is 1. The summed E-state index contributed by atoms with van der Waals surface area (Å²) < 4.78 is 40.4. The molecule has 0 amide bonds. The van der Waals surface area contributed by atoms with Crippen LogP contribution in [0.15, 0.2) is 47.4 Å².